The Morgan fingerprint density at radius 1 is 1.30 bits per heavy atom. The minimum absolute atomic E-state index is 0.0300. The highest BCUT2D eigenvalue weighted by Gasteiger charge is 2.21. The van der Waals surface area contributed by atoms with Crippen molar-refractivity contribution in [1.82, 2.24) is 15.1 Å². The third-order valence-electron chi connectivity index (χ3n) is 3.40. The van der Waals surface area contributed by atoms with Gasteiger partial charge in [0, 0.05) is 22.8 Å². The average Bonchev–Trinajstić information content (AvgIpc) is 3.16. The van der Waals surface area contributed by atoms with Crippen LogP contribution in [0.25, 0.3) is 11.1 Å². The summed E-state index contributed by atoms with van der Waals surface area (Å²) in [6, 6.07) is 8.04. The standard InChI is InChI=1S/C15H16BrN3O/c16-14-5-3-12(4-6-14)13-8-18-19(9-13)10-15(20)17-7-11-1-2-11/h3-6,8-9,11H,1-2,7,10H2,(H,17,20). The van der Waals surface area contributed by atoms with Crippen LogP contribution in [0, 0.1) is 5.92 Å². The van der Waals surface area contributed by atoms with Gasteiger partial charge in [-0.1, -0.05) is 28.1 Å². The van der Waals surface area contributed by atoms with Crippen LogP contribution >= 0.6 is 15.9 Å². The second-order valence-electron chi connectivity index (χ2n) is 5.18. The summed E-state index contributed by atoms with van der Waals surface area (Å²) < 4.78 is 2.73. The zero-order valence-corrected chi connectivity index (χ0v) is 12.6. The summed E-state index contributed by atoms with van der Waals surface area (Å²) in [6.07, 6.45) is 6.18. The molecule has 0 radical (unpaired) electrons. The molecule has 0 saturated heterocycles. The highest BCUT2D eigenvalue weighted by Crippen LogP contribution is 2.27. The van der Waals surface area contributed by atoms with Crippen LogP contribution in [0.1, 0.15) is 12.8 Å². The van der Waals surface area contributed by atoms with E-state index in [9.17, 15) is 4.79 Å². The highest BCUT2D eigenvalue weighted by atomic mass is 79.9. The van der Waals surface area contributed by atoms with Gasteiger partial charge in [0.15, 0.2) is 0 Å². The number of aromatic nitrogens is 2. The fraction of sp³-hybridized carbons (Fsp3) is 0.333. The smallest absolute Gasteiger partial charge is 0.241 e. The number of hydrogen-bond acceptors (Lipinski definition) is 2. The van der Waals surface area contributed by atoms with E-state index in [1.165, 1.54) is 12.8 Å². The van der Waals surface area contributed by atoms with Crippen LogP contribution in [-0.4, -0.2) is 22.2 Å². The van der Waals surface area contributed by atoms with Crippen LogP contribution in [0.2, 0.25) is 0 Å². The van der Waals surface area contributed by atoms with E-state index in [-0.39, 0.29) is 12.5 Å². The van der Waals surface area contributed by atoms with Crippen molar-refractivity contribution in [2.24, 2.45) is 5.92 Å². The van der Waals surface area contributed by atoms with Crippen molar-refractivity contribution in [1.29, 1.82) is 0 Å². The van der Waals surface area contributed by atoms with E-state index < -0.39 is 0 Å². The third kappa shape index (κ3) is 3.48. The number of carbonyl (C=O) groups is 1. The maximum Gasteiger partial charge on any atom is 0.241 e. The molecule has 3 rings (SSSR count). The largest absolute Gasteiger partial charge is 0.354 e. The molecule has 1 fully saturated rings. The first kappa shape index (κ1) is 13.4. The van der Waals surface area contributed by atoms with Crippen molar-refractivity contribution in [3.05, 3.63) is 41.1 Å². The zero-order chi connectivity index (χ0) is 13.9. The van der Waals surface area contributed by atoms with E-state index in [4.69, 9.17) is 0 Å². The molecule has 1 amide bonds. The number of amides is 1. The average molecular weight is 334 g/mol. The van der Waals surface area contributed by atoms with Gasteiger partial charge in [-0.15, -0.1) is 0 Å². The number of benzene rings is 1. The van der Waals surface area contributed by atoms with Crippen LogP contribution in [0.3, 0.4) is 0 Å². The zero-order valence-electron chi connectivity index (χ0n) is 11.1. The second-order valence-corrected chi connectivity index (χ2v) is 6.10. The van der Waals surface area contributed by atoms with Crippen molar-refractivity contribution < 1.29 is 4.79 Å². The van der Waals surface area contributed by atoms with Crippen molar-refractivity contribution in [3.8, 4) is 11.1 Å². The van der Waals surface area contributed by atoms with Gasteiger partial charge in [0.25, 0.3) is 0 Å². The van der Waals surface area contributed by atoms with Crippen molar-refractivity contribution >= 4 is 21.8 Å². The molecule has 1 N–H and O–H groups in total. The molecule has 0 bridgehead atoms. The van der Waals surface area contributed by atoms with Gasteiger partial charge < -0.3 is 5.32 Å². The predicted molar refractivity (Wildman–Crippen MR) is 81.1 cm³/mol. The number of nitrogens with one attached hydrogen (secondary N) is 1. The first-order valence-electron chi connectivity index (χ1n) is 6.76. The highest BCUT2D eigenvalue weighted by molar-refractivity contribution is 9.10. The van der Waals surface area contributed by atoms with Gasteiger partial charge in [-0.2, -0.15) is 5.10 Å². The molecule has 1 aromatic carbocycles. The minimum atomic E-state index is 0.0300. The van der Waals surface area contributed by atoms with Gasteiger partial charge in [-0.05, 0) is 36.5 Å². The van der Waals surface area contributed by atoms with Crippen molar-refractivity contribution in [3.63, 3.8) is 0 Å². The van der Waals surface area contributed by atoms with Crippen LogP contribution in [0.15, 0.2) is 41.1 Å². The van der Waals surface area contributed by atoms with Gasteiger partial charge in [0.05, 0.1) is 6.20 Å². The molecule has 1 saturated carbocycles. The van der Waals surface area contributed by atoms with Crippen LogP contribution in [-0.2, 0) is 11.3 Å². The van der Waals surface area contributed by atoms with E-state index in [1.54, 1.807) is 10.9 Å². The van der Waals surface area contributed by atoms with Gasteiger partial charge in [-0.3, -0.25) is 9.48 Å². The number of halogens is 1. The summed E-state index contributed by atoms with van der Waals surface area (Å²) >= 11 is 3.42. The lowest BCUT2D eigenvalue weighted by Gasteiger charge is -2.03. The molecule has 0 aliphatic heterocycles. The Labute approximate surface area is 126 Å². The van der Waals surface area contributed by atoms with Crippen molar-refractivity contribution in [2.75, 3.05) is 6.54 Å². The fourth-order valence-corrected chi connectivity index (χ4v) is 2.29. The fourth-order valence-electron chi connectivity index (χ4n) is 2.02. The van der Waals surface area contributed by atoms with E-state index in [0.717, 1.165) is 22.1 Å². The molecule has 4 nitrogen and oxygen atoms in total. The molecule has 1 aromatic heterocycles. The van der Waals surface area contributed by atoms with Gasteiger partial charge >= 0.3 is 0 Å². The summed E-state index contributed by atoms with van der Waals surface area (Å²) in [5.41, 5.74) is 2.12. The summed E-state index contributed by atoms with van der Waals surface area (Å²) in [5.74, 6) is 0.734. The summed E-state index contributed by atoms with van der Waals surface area (Å²) in [7, 11) is 0. The maximum absolute atomic E-state index is 11.8. The van der Waals surface area contributed by atoms with E-state index in [2.05, 4.69) is 26.3 Å². The summed E-state index contributed by atoms with van der Waals surface area (Å²) in [5, 5.41) is 7.19. The molecular weight excluding hydrogens is 318 g/mol. The lowest BCUT2D eigenvalue weighted by Crippen LogP contribution is -2.29. The van der Waals surface area contributed by atoms with Gasteiger partial charge in [0.2, 0.25) is 5.91 Å². The number of carbonyl (C=O) groups excluding carboxylic acids is 1. The summed E-state index contributed by atoms with van der Waals surface area (Å²) in [4.78, 5) is 11.8. The first-order valence-corrected chi connectivity index (χ1v) is 7.55. The van der Waals surface area contributed by atoms with Crippen LogP contribution < -0.4 is 5.32 Å². The molecule has 1 heterocycles. The SMILES string of the molecule is O=C(Cn1cc(-c2ccc(Br)cc2)cn1)NCC1CC1. The molecule has 1 aliphatic rings. The molecule has 0 spiro atoms. The molecule has 20 heavy (non-hydrogen) atoms. The number of rotatable bonds is 5. The Morgan fingerprint density at radius 2 is 2.05 bits per heavy atom. The van der Waals surface area contributed by atoms with E-state index in [0.29, 0.717) is 5.92 Å². The van der Waals surface area contributed by atoms with Crippen molar-refractivity contribution in [2.45, 2.75) is 19.4 Å². The van der Waals surface area contributed by atoms with E-state index >= 15 is 0 Å². The Bertz CT molecular complexity index is 602. The maximum atomic E-state index is 11.8. The first-order chi connectivity index (χ1) is 9.70. The van der Waals surface area contributed by atoms with Gasteiger partial charge in [-0.25, -0.2) is 0 Å². The predicted octanol–water partition coefficient (Wildman–Crippen LogP) is 2.84. The molecule has 2 aromatic rings. The third-order valence-corrected chi connectivity index (χ3v) is 3.93. The Morgan fingerprint density at radius 3 is 2.75 bits per heavy atom. The Hall–Kier alpha value is -1.62. The lowest BCUT2D eigenvalue weighted by atomic mass is 10.1. The van der Waals surface area contributed by atoms with Crippen LogP contribution in [0.4, 0.5) is 0 Å². The molecule has 0 atom stereocenters. The molecule has 1 aliphatic carbocycles. The van der Waals surface area contributed by atoms with Gasteiger partial charge in [0.1, 0.15) is 6.54 Å². The summed E-state index contributed by atoms with van der Waals surface area (Å²) in [6.45, 7) is 1.09. The normalized spacial score (nSPS) is 14.2. The monoisotopic (exact) mass is 333 g/mol. The van der Waals surface area contributed by atoms with Crippen LogP contribution in [0.5, 0.6) is 0 Å². The number of hydrogen-bond donors (Lipinski definition) is 1. The molecular formula is C15H16BrN3O. The second kappa shape index (κ2) is 5.79. The minimum Gasteiger partial charge on any atom is -0.354 e. The lowest BCUT2D eigenvalue weighted by molar-refractivity contribution is -0.121. The molecule has 0 unspecified atom stereocenters. The number of nitrogens with zero attached hydrogens (tertiary/aromatic N) is 2. The van der Waals surface area contributed by atoms with E-state index in [1.807, 2.05) is 30.5 Å². The Balaban J connectivity index is 1.60. The molecule has 104 valence electrons. The topological polar surface area (TPSA) is 46.9 Å². The molecule has 5 heteroatoms. The Kier molecular flexibility index (Phi) is 3.87. The quantitative estimate of drug-likeness (QED) is 0.914.